The Labute approximate surface area is 136 Å². The van der Waals surface area contributed by atoms with Crippen LogP contribution in [0, 0.1) is 0 Å². The fourth-order valence-corrected chi connectivity index (χ4v) is 2.17. The number of halogens is 1. The van der Waals surface area contributed by atoms with Gasteiger partial charge in [-0.05, 0) is 18.9 Å². The minimum Gasteiger partial charge on any atom is -0.496 e. The Morgan fingerprint density at radius 1 is 1.36 bits per heavy atom. The van der Waals surface area contributed by atoms with Gasteiger partial charge in [-0.15, -0.1) is 12.4 Å². The van der Waals surface area contributed by atoms with Crippen molar-refractivity contribution < 1.29 is 14.3 Å². The van der Waals surface area contributed by atoms with Crippen molar-refractivity contribution in [2.45, 2.75) is 25.4 Å². The van der Waals surface area contributed by atoms with E-state index in [1.807, 2.05) is 24.3 Å². The van der Waals surface area contributed by atoms with E-state index in [1.54, 1.807) is 12.0 Å². The minimum atomic E-state index is -0.323. The van der Waals surface area contributed by atoms with Crippen LogP contribution in [0.1, 0.15) is 18.4 Å². The first-order chi connectivity index (χ1) is 10.2. The summed E-state index contributed by atoms with van der Waals surface area (Å²) in [6, 6.07) is 7.90. The summed E-state index contributed by atoms with van der Waals surface area (Å²) in [5, 5.41) is 2.52. The summed E-state index contributed by atoms with van der Waals surface area (Å²) >= 11 is 0. The maximum absolute atomic E-state index is 12.3. The molecule has 3 N–H and O–H groups in total. The summed E-state index contributed by atoms with van der Waals surface area (Å²) < 4.78 is 5.32. The molecule has 2 rings (SSSR count). The van der Waals surface area contributed by atoms with Crippen LogP contribution in [0.5, 0.6) is 5.75 Å². The number of benzene rings is 1. The van der Waals surface area contributed by atoms with Crippen LogP contribution >= 0.6 is 12.4 Å². The summed E-state index contributed by atoms with van der Waals surface area (Å²) in [6.07, 6.45) is 2.01. The maximum atomic E-state index is 12.3. The van der Waals surface area contributed by atoms with E-state index in [2.05, 4.69) is 5.32 Å². The van der Waals surface area contributed by atoms with Gasteiger partial charge in [0.05, 0.1) is 20.2 Å². The van der Waals surface area contributed by atoms with Crippen molar-refractivity contribution in [1.82, 2.24) is 10.2 Å². The van der Waals surface area contributed by atoms with Crippen molar-refractivity contribution in [3.8, 4) is 5.75 Å². The molecule has 0 saturated heterocycles. The van der Waals surface area contributed by atoms with Crippen LogP contribution in [0.4, 0.5) is 0 Å². The Hall–Kier alpha value is -1.79. The SMILES string of the molecule is COc1ccccc1CN(C(=O)CNC(=O)CN)C1CC1.Cl. The van der Waals surface area contributed by atoms with E-state index >= 15 is 0 Å². The summed E-state index contributed by atoms with van der Waals surface area (Å²) in [7, 11) is 1.61. The Morgan fingerprint density at radius 2 is 2.05 bits per heavy atom. The molecule has 1 fully saturated rings. The monoisotopic (exact) mass is 327 g/mol. The van der Waals surface area contributed by atoms with Crippen LogP contribution in [0.25, 0.3) is 0 Å². The third kappa shape index (κ3) is 4.89. The van der Waals surface area contributed by atoms with Crippen LogP contribution in [-0.2, 0) is 16.1 Å². The van der Waals surface area contributed by atoms with Gasteiger partial charge in [-0.2, -0.15) is 0 Å². The highest BCUT2D eigenvalue weighted by Gasteiger charge is 2.32. The lowest BCUT2D eigenvalue weighted by Gasteiger charge is -2.23. The molecule has 2 amide bonds. The number of nitrogens with two attached hydrogens (primary N) is 1. The van der Waals surface area contributed by atoms with Gasteiger partial charge >= 0.3 is 0 Å². The Balaban J connectivity index is 0.00000242. The van der Waals surface area contributed by atoms with E-state index in [0.717, 1.165) is 24.2 Å². The number of rotatable bonds is 7. The van der Waals surface area contributed by atoms with Crippen LogP contribution in [0.15, 0.2) is 24.3 Å². The van der Waals surface area contributed by atoms with Gasteiger partial charge < -0.3 is 20.7 Å². The number of hydrogen-bond donors (Lipinski definition) is 2. The predicted octanol–water partition coefficient (Wildman–Crippen LogP) is 0.683. The quantitative estimate of drug-likeness (QED) is 0.771. The van der Waals surface area contributed by atoms with Crippen LogP contribution in [0.3, 0.4) is 0 Å². The average Bonchev–Trinajstić information content (AvgIpc) is 3.34. The van der Waals surface area contributed by atoms with Crippen molar-refractivity contribution in [2.75, 3.05) is 20.2 Å². The molecule has 6 nitrogen and oxygen atoms in total. The summed E-state index contributed by atoms with van der Waals surface area (Å²) in [4.78, 5) is 25.2. The first-order valence-electron chi connectivity index (χ1n) is 7.03. The molecule has 1 aliphatic carbocycles. The van der Waals surface area contributed by atoms with Gasteiger partial charge in [-0.3, -0.25) is 9.59 Å². The molecule has 1 saturated carbocycles. The molecule has 0 aromatic heterocycles. The largest absolute Gasteiger partial charge is 0.496 e. The smallest absolute Gasteiger partial charge is 0.242 e. The molecular formula is C15H22ClN3O3. The number of methoxy groups -OCH3 is 1. The first-order valence-corrected chi connectivity index (χ1v) is 7.03. The zero-order valence-electron chi connectivity index (χ0n) is 12.6. The number of amides is 2. The third-order valence-electron chi connectivity index (χ3n) is 3.46. The molecule has 1 aromatic carbocycles. The molecule has 0 spiro atoms. The molecule has 0 unspecified atom stereocenters. The van der Waals surface area contributed by atoms with Gasteiger partial charge in [0.25, 0.3) is 0 Å². The van der Waals surface area contributed by atoms with E-state index in [4.69, 9.17) is 10.5 Å². The average molecular weight is 328 g/mol. The summed E-state index contributed by atoms with van der Waals surface area (Å²) in [5.41, 5.74) is 6.18. The second kappa shape index (κ2) is 8.60. The number of ether oxygens (including phenoxy) is 1. The molecule has 0 heterocycles. The fraction of sp³-hybridized carbons (Fsp3) is 0.467. The van der Waals surface area contributed by atoms with Crippen molar-refractivity contribution in [3.05, 3.63) is 29.8 Å². The summed E-state index contributed by atoms with van der Waals surface area (Å²) in [5.74, 6) is 0.350. The number of nitrogens with zero attached hydrogens (tertiary/aromatic N) is 1. The number of hydrogen-bond acceptors (Lipinski definition) is 4. The molecule has 0 atom stereocenters. The van der Waals surface area contributed by atoms with Gasteiger partial charge in [-0.1, -0.05) is 18.2 Å². The Morgan fingerprint density at radius 3 is 2.64 bits per heavy atom. The molecule has 1 aromatic rings. The van der Waals surface area contributed by atoms with E-state index in [9.17, 15) is 9.59 Å². The highest BCUT2D eigenvalue weighted by Crippen LogP contribution is 2.30. The predicted molar refractivity (Wildman–Crippen MR) is 85.9 cm³/mol. The highest BCUT2D eigenvalue weighted by atomic mass is 35.5. The maximum Gasteiger partial charge on any atom is 0.242 e. The molecule has 22 heavy (non-hydrogen) atoms. The zero-order chi connectivity index (χ0) is 15.2. The van der Waals surface area contributed by atoms with Crippen LogP contribution < -0.4 is 15.8 Å². The van der Waals surface area contributed by atoms with Crippen molar-refractivity contribution >= 4 is 24.2 Å². The number of nitrogens with one attached hydrogen (secondary N) is 1. The molecule has 1 aliphatic rings. The van der Waals surface area contributed by atoms with Gasteiger partial charge in [0, 0.05) is 18.2 Å². The molecular weight excluding hydrogens is 306 g/mol. The highest BCUT2D eigenvalue weighted by molar-refractivity contribution is 5.86. The second-order valence-electron chi connectivity index (χ2n) is 5.05. The fourth-order valence-electron chi connectivity index (χ4n) is 2.17. The minimum absolute atomic E-state index is 0. The molecule has 122 valence electrons. The van der Waals surface area contributed by atoms with Crippen molar-refractivity contribution in [2.24, 2.45) is 5.73 Å². The number of para-hydroxylation sites is 1. The Kier molecular flexibility index (Phi) is 7.14. The first kappa shape index (κ1) is 18.3. The van der Waals surface area contributed by atoms with E-state index in [-0.39, 0.29) is 43.4 Å². The number of carbonyl (C=O) groups excluding carboxylic acids is 2. The summed E-state index contributed by atoms with van der Waals surface area (Å²) in [6.45, 7) is 0.372. The van der Waals surface area contributed by atoms with Crippen molar-refractivity contribution in [3.63, 3.8) is 0 Å². The molecule has 7 heteroatoms. The molecule has 0 radical (unpaired) electrons. The third-order valence-corrected chi connectivity index (χ3v) is 3.46. The van der Waals surface area contributed by atoms with Gasteiger partial charge in [0.15, 0.2) is 0 Å². The zero-order valence-corrected chi connectivity index (χ0v) is 13.4. The lowest BCUT2D eigenvalue weighted by Crippen LogP contribution is -2.42. The molecule has 0 bridgehead atoms. The van der Waals surface area contributed by atoms with Gasteiger partial charge in [0.2, 0.25) is 11.8 Å². The lowest BCUT2D eigenvalue weighted by molar-refractivity contribution is -0.133. The van der Waals surface area contributed by atoms with Gasteiger partial charge in [0.1, 0.15) is 5.75 Å². The van der Waals surface area contributed by atoms with Crippen LogP contribution in [0.2, 0.25) is 0 Å². The second-order valence-corrected chi connectivity index (χ2v) is 5.05. The number of carbonyl (C=O) groups is 2. The lowest BCUT2D eigenvalue weighted by atomic mass is 10.2. The van der Waals surface area contributed by atoms with E-state index in [1.165, 1.54) is 0 Å². The Bertz CT molecular complexity index is 521. The standard InChI is InChI=1S/C15H21N3O3.ClH/c1-21-13-5-3-2-4-11(13)10-18(12-6-7-12)15(20)9-17-14(19)8-16;/h2-5,12H,6-10,16H2,1H3,(H,17,19);1H. The molecule has 0 aliphatic heterocycles. The van der Waals surface area contributed by atoms with Gasteiger partial charge in [-0.25, -0.2) is 0 Å². The van der Waals surface area contributed by atoms with E-state index < -0.39 is 0 Å². The normalized spacial score (nSPS) is 13.0. The topological polar surface area (TPSA) is 84.7 Å². The van der Waals surface area contributed by atoms with E-state index in [0.29, 0.717) is 6.54 Å². The van der Waals surface area contributed by atoms with Crippen molar-refractivity contribution in [1.29, 1.82) is 0 Å². The van der Waals surface area contributed by atoms with Crippen LogP contribution in [-0.4, -0.2) is 43.0 Å².